The Bertz CT molecular complexity index is 954. The van der Waals surface area contributed by atoms with Crippen molar-refractivity contribution < 1.29 is 9.72 Å². The summed E-state index contributed by atoms with van der Waals surface area (Å²) in [6.07, 6.45) is 1.77. The number of nitro groups is 1. The van der Waals surface area contributed by atoms with Gasteiger partial charge in [0, 0.05) is 28.3 Å². The minimum absolute atomic E-state index is 0.132. The molecule has 0 aliphatic rings. The van der Waals surface area contributed by atoms with E-state index in [1.54, 1.807) is 42.6 Å². The van der Waals surface area contributed by atoms with Crippen LogP contribution in [0.2, 0.25) is 0 Å². The van der Waals surface area contributed by atoms with Gasteiger partial charge in [-0.05, 0) is 26.0 Å². The van der Waals surface area contributed by atoms with Crippen molar-refractivity contribution in [2.24, 2.45) is 0 Å². The molecule has 6 nitrogen and oxygen atoms in total. The Morgan fingerprint density at radius 2 is 1.92 bits per heavy atom. The number of anilines is 1. The van der Waals surface area contributed by atoms with Gasteiger partial charge in [0.25, 0.3) is 5.69 Å². The summed E-state index contributed by atoms with van der Waals surface area (Å²) in [6, 6.07) is 13.0. The SMILES string of the molecule is Cc1cnc(C(C)Nc2ccc(C(=O)c3ccccc3)cc2[N+](=O)[O-])s1. The van der Waals surface area contributed by atoms with Gasteiger partial charge in [0.15, 0.2) is 5.78 Å². The van der Waals surface area contributed by atoms with Crippen LogP contribution in [-0.4, -0.2) is 15.7 Å². The van der Waals surface area contributed by atoms with Gasteiger partial charge in [-0.1, -0.05) is 30.3 Å². The lowest BCUT2D eigenvalue weighted by atomic mass is 10.0. The highest BCUT2D eigenvalue weighted by atomic mass is 32.1. The number of nitrogens with one attached hydrogen (secondary N) is 1. The van der Waals surface area contributed by atoms with Crippen LogP contribution in [0.1, 0.15) is 38.8 Å². The van der Waals surface area contributed by atoms with Crippen molar-refractivity contribution in [2.75, 3.05) is 5.32 Å². The molecule has 132 valence electrons. The molecule has 0 aliphatic carbocycles. The fourth-order valence-electron chi connectivity index (χ4n) is 2.57. The molecule has 0 radical (unpaired) electrons. The van der Waals surface area contributed by atoms with Gasteiger partial charge < -0.3 is 5.32 Å². The lowest BCUT2D eigenvalue weighted by molar-refractivity contribution is -0.384. The molecule has 3 aromatic rings. The second-order valence-corrected chi connectivity index (χ2v) is 7.13. The first-order valence-electron chi connectivity index (χ1n) is 8.03. The first-order chi connectivity index (χ1) is 12.5. The van der Waals surface area contributed by atoms with Crippen molar-refractivity contribution in [1.29, 1.82) is 0 Å². The summed E-state index contributed by atoms with van der Waals surface area (Å²) in [5.41, 5.74) is 1.01. The summed E-state index contributed by atoms with van der Waals surface area (Å²) in [5.74, 6) is -0.246. The van der Waals surface area contributed by atoms with Crippen molar-refractivity contribution in [3.8, 4) is 0 Å². The average Bonchev–Trinajstić information content (AvgIpc) is 3.08. The van der Waals surface area contributed by atoms with Crippen LogP contribution >= 0.6 is 11.3 Å². The number of ketones is 1. The molecule has 0 amide bonds. The molecule has 2 aromatic carbocycles. The maximum atomic E-state index is 12.5. The third-order valence-electron chi connectivity index (χ3n) is 3.87. The minimum Gasteiger partial charge on any atom is -0.371 e. The molecule has 1 atom stereocenters. The van der Waals surface area contributed by atoms with Gasteiger partial charge in [-0.15, -0.1) is 11.3 Å². The smallest absolute Gasteiger partial charge is 0.293 e. The second kappa shape index (κ2) is 7.45. The molecule has 1 unspecified atom stereocenters. The Hall–Kier alpha value is -3.06. The van der Waals surface area contributed by atoms with E-state index in [-0.39, 0.29) is 23.1 Å². The quantitative estimate of drug-likeness (QED) is 0.385. The van der Waals surface area contributed by atoms with E-state index in [0.29, 0.717) is 11.3 Å². The van der Waals surface area contributed by atoms with E-state index in [0.717, 1.165) is 9.88 Å². The lowest BCUT2D eigenvalue weighted by Gasteiger charge is -2.13. The number of thiazole rings is 1. The molecular weight excluding hydrogens is 350 g/mol. The van der Waals surface area contributed by atoms with E-state index in [1.807, 2.05) is 19.9 Å². The summed E-state index contributed by atoms with van der Waals surface area (Å²) in [7, 11) is 0. The van der Waals surface area contributed by atoms with Gasteiger partial charge in [-0.25, -0.2) is 4.98 Å². The number of aryl methyl sites for hydroxylation is 1. The molecule has 0 fully saturated rings. The number of hydrogen-bond donors (Lipinski definition) is 1. The van der Waals surface area contributed by atoms with Crippen LogP contribution < -0.4 is 5.32 Å². The van der Waals surface area contributed by atoms with Crippen LogP contribution in [0, 0.1) is 17.0 Å². The maximum Gasteiger partial charge on any atom is 0.293 e. The molecule has 1 aromatic heterocycles. The van der Waals surface area contributed by atoms with E-state index in [1.165, 1.54) is 17.4 Å². The number of carbonyl (C=O) groups excluding carboxylic acids is 1. The lowest BCUT2D eigenvalue weighted by Crippen LogP contribution is -2.09. The summed E-state index contributed by atoms with van der Waals surface area (Å²) in [5, 5.41) is 15.5. The van der Waals surface area contributed by atoms with Crippen molar-refractivity contribution in [3.63, 3.8) is 0 Å². The first kappa shape index (κ1) is 17.8. The van der Waals surface area contributed by atoms with Crippen LogP contribution in [0.15, 0.2) is 54.7 Å². The number of aromatic nitrogens is 1. The van der Waals surface area contributed by atoms with Gasteiger partial charge in [-0.3, -0.25) is 14.9 Å². The molecule has 1 N–H and O–H groups in total. The molecule has 26 heavy (non-hydrogen) atoms. The number of nitro benzene ring substituents is 1. The van der Waals surface area contributed by atoms with Gasteiger partial charge in [0.05, 0.1) is 11.0 Å². The Labute approximate surface area is 154 Å². The second-order valence-electron chi connectivity index (χ2n) is 5.86. The van der Waals surface area contributed by atoms with E-state index in [9.17, 15) is 14.9 Å². The Kier molecular flexibility index (Phi) is 5.09. The summed E-state index contributed by atoms with van der Waals surface area (Å²) in [6.45, 7) is 3.85. The first-order valence-corrected chi connectivity index (χ1v) is 8.84. The molecule has 1 heterocycles. The van der Waals surface area contributed by atoms with Gasteiger partial charge >= 0.3 is 0 Å². The monoisotopic (exact) mass is 367 g/mol. The molecule has 0 spiro atoms. The number of rotatable bonds is 6. The van der Waals surface area contributed by atoms with Crippen LogP contribution in [0.5, 0.6) is 0 Å². The normalized spacial score (nSPS) is 11.8. The van der Waals surface area contributed by atoms with Crippen LogP contribution in [-0.2, 0) is 0 Å². The zero-order chi connectivity index (χ0) is 18.7. The van der Waals surface area contributed by atoms with Crippen LogP contribution in [0.25, 0.3) is 0 Å². The number of hydrogen-bond acceptors (Lipinski definition) is 6. The highest BCUT2D eigenvalue weighted by Crippen LogP contribution is 2.31. The summed E-state index contributed by atoms with van der Waals surface area (Å²) < 4.78 is 0. The molecule has 0 aliphatic heterocycles. The molecule has 0 bridgehead atoms. The summed E-state index contributed by atoms with van der Waals surface area (Å²) in [4.78, 5) is 28.9. The average molecular weight is 367 g/mol. The van der Waals surface area contributed by atoms with Crippen molar-refractivity contribution in [2.45, 2.75) is 19.9 Å². The molecule has 7 heteroatoms. The van der Waals surface area contributed by atoms with Crippen molar-refractivity contribution in [3.05, 3.63) is 85.9 Å². The van der Waals surface area contributed by atoms with E-state index >= 15 is 0 Å². The van der Waals surface area contributed by atoms with Gasteiger partial charge in [-0.2, -0.15) is 0 Å². The van der Waals surface area contributed by atoms with Crippen LogP contribution in [0.3, 0.4) is 0 Å². The molecular formula is C19H17N3O3S. The van der Waals surface area contributed by atoms with E-state index in [4.69, 9.17) is 0 Å². The fraction of sp³-hybridized carbons (Fsp3) is 0.158. The number of carbonyl (C=O) groups is 1. The Morgan fingerprint density at radius 3 is 2.54 bits per heavy atom. The van der Waals surface area contributed by atoms with E-state index in [2.05, 4.69) is 10.3 Å². The van der Waals surface area contributed by atoms with Crippen molar-refractivity contribution >= 4 is 28.5 Å². The zero-order valence-electron chi connectivity index (χ0n) is 14.3. The van der Waals surface area contributed by atoms with E-state index < -0.39 is 4.92 Å². The number of benzene rings is 2. The van der Waals surface area contributed by atoms with Crippen molar-refractivity contribution in [1.82, 2.24) is 4.98 Å². The van der Waals surface area contributed by atoms with Crippen LogP contribution in [0.4, 0.5) is 11.4 Å². The predicted octanol–water partition coefficient (Wildman–Crippen LogP) is 4.76. The Morgan fingerprint density at radius 1 is 1.19 bits per heavy atom. The fourth-order valence-corrected chi connectivity index (χ4v) is 3.35. The van der Waals surface area contributed by atoms with Gasteiger partial charge in [0.1, 0.15) is 10.7 Å². The highest BCUT2D eigenvalue weighted by Gasteiger charge is 2.20. The summed E-state index contributed by atoms with van der Waals surface area (Å²) >= 11 is 1.54. The zero-order valence-corrected chi connectivity index (χ0v) is 15.1. The van der Waals surface area contributed by atoms with Gasteiger partial charge in [0.2, 0.25) is 0 Å². The highest BCUT2D eigenvalue weighted by molar-refractivity contribution is 7.11. The standard InChI is InChI=1S/C19H17N3O3S/c1-12-11-20-19(26-12)13(2)21-16-9-8-15(10-17(16)22(24)25)18(23)14-6-4-3-5-7-14/h3-11,13,21H,1-2H3. The largest absolute Gasteiger partial charge is 0.371 e. The third kappa shape index (κ3) is 3.78. The minimum atomic E-state index is -0.482. The number of nitrogens with zero attached hydrogens (tertiary/aromatic N) is 2. The molecule has 0 saturated carbocycles. The topological polar surface area (TPSA) is 85.1 Å². The molecule has 0 saturated heterocycles. The third-order valence-corrected chi connectivity index (χ3v) is 4.97. The molecule has 3 rings (SSSR count). The Balaban J connectivity index is 1.90. The maximum absolute atomic E-state index is 12.5. The predicted molar refractivity (Wildman–Crippen MR) is 102 cm³/mol.